The van der Waals surface area contributed by atoms with Gasteiger partial charge in [-0.05, 0) is 55.5 Å². The Morgan fingerprint density at radius 3 is 2.26 bits per heavy atom. The summed E-state index contributed by atoms with van der Waals surface area (Å²) in [6.45, 7) is 6.73. The smallest absolute Gasteiger partial charge is 0.315 e. The van der Waals surface area contributed by atoms with Gasteiger partial charge in [-0.1, -0.05) is 35.9 Å². The van der Waals surface area contributed by atoms with Crippen molar-refractivity contribution < 1.29 is 9.59 Å². The molecular formula is C22H27N3O2. The number of likely N-dealkylation sites (tertiary alicyclic amines) is 1. The quantitative estimate of drug-likeness (QED) is 0.851. The van der Waals surface area contributed by atoms with E-state index in [1.54, 1.807) is 0 Å². The Kier molecular flexibility index (Phi) is 6.12. The number of amides is 3. The second-order valence-corrected chi connectivity index (χ2v) is 7.16. The minimum absolute atomic E-state index is 0.0956. The maximum absolute atomic E-state index is 12.3. The first-order valence-corrected chi connectivity index (χ1v) is 9.49. The molecule has 0 atom stereocenters. The summed E-state index contributed by atoms with van der Waals surface area (Å²) in [4.78, 5) is 26.3. The van der Waals surface area contributed by atoms with E-state index in [1.807, 2.05) is 48.2 Å². The molecule has 3 rings (SSSR count). The van der Waals surface area contributed by atoms with E-state index in [-0.39, 0.29) is 11.9 Å². The molecule has 3 amide bonds. The zero-order chi connectivity index (χ0) is 19.2. The maximum Gasteiger partial charge on any atom is 0.315 e. The Labute approximate surface area is 160 Å². The molecule has 1 aliphatic heterocycles. The predicted molar refractivity (Wildman–Crippen MR) is 107 cm³/mol. The molecule has 27 heavy (non-hydrogen) atoms. The van der Waals surface area contributed by atoms with Gasteiger partial charge in [0.2, 0.25) is 0 Å². The lowest BCUT2D eigenvalue weighted by Crippen LogP contribution is -2.34. The van der Waals surface area contributed by atoms with Gasteiger partial charge >= 0.3 is 6.03 Å². The van der Waals surface area contributed by atoms with Crippen molar-refractivity contribution in [2.24, 2.45) is 0 Å². The van der Waals surface area contributed by atoms with Crippen molar-refractivity contribution in [3.8, 4) is 0 Å². The number of aryl methyl sites for hydroxylation is 2. The lowest BCUT2D eigenvalue weighted by molar-refractivity contribution is 0.0793. The minimum atomic E-state index is -0.202. The number of nitrogens with one attached hydrogen (secondary N) is 2. The lowest BCUT2D eigenvalue weighted by atomic mass is 10.1. The molecule has 0 aliphatic carbocycles. The van der Waals surface area contributed by atoms with Crippen LogP contribution in [-0.2, 0) is 13.1 Å². The van der Waals surface area contributed by atoms with Crippen molar-refractivity contribution in [2.75, 3.05) is 13.1 Å². The topological polar surface area (TPSA) is 61.4 Å². The van der Waals surface area contributed by atoms with Gasteiger partial charge < -0.3 is 15.5 Å². The van der Waals surface area contributed by atoms with Crippen LogP contribution in [0.25, 0.3) is 0 Å². The van der Waals surface area contributed by atoms with E-state index in [4.69, 9.17) is 0 Å². The summed E-state index contributed by atoms with van der Waals surface area (Å²) in [6, 6.07) is 13.5. The molecule has 2 aromatic rings. The third-order valence-electron chi connectivity index (χ3n) is 4.98. The summed E-state index contributed by atoms with van der Waals surface area (Å²) < 4.78 is 0. The van der Waals surface area contributed by atoms with Crippen molar-refractivity contribution in [3.05, 3.63) is 70.3 Å². The van der Waals surface area contributed by atoms with Gasteiger partial charge in [0.25, 0.3) is 5.91 Å². The van der Waals surface area contributed by atoms with E-state index >= 15 is 0 Å². The van der Waals surface area contributed by atoms with E-state index < -0.39 is 0 Å². The zero-order valence-electron chi connectivity index (χ0n) is 16.0. The monoisotopic (exact) mass is 365 g/mol. The van der Waals surface area contributed by atoms with Gasteiger partial charge in [0, 0.05) is 31.7 Å². The minimum Gasteiger partial charge on any atom is -0.339 e. The summed E-state index contributed by atoms with van der Waals surface area (Å²) in [7, 11) is 0. The van der Waals surface area contributed by atoms with Crippen LogP contribution in [0.5, 0.6) is 0 Å². The number of hydrogen-bond acceptors (Lipinski definition) is 2. The van der Waals surface area contributed by atoms with Crippen LogP contribution in [0.3, 0.4) is 0 Å². The van der Waals surface area contributed by atoms with E-state index in [9.17, 15) is 9.59 Å². The van der Waals surface area contributed by atoms with Crippen LogP contribution in [0, 0.1) is 13.8 Å². The third kappa shape index (κ3) is 5.09. The number of urea groups is 1. The SMILES string of the molecule is Cc1ccc(CNC(=O)NCc2ccc(C(=O)N3CCCC3)cc2)c(C)c1. The summed E-state index contributed by atoms with van der Waals surface area (Å²) >= 11 is 0. The first kappa shape index (κ1) is 19.0. The largest absolute Gasteiger partial charge is 0.339 e. The number of carbonyl (C=O) groups excluding carboxylic acids is 2. The second kappa shape index (κ2) is 8.71. The second-order valence-electron chi connectivity index (χ2n) is 7.16. The summed E-state index contributed by atoms with van der Waals surface area (Å²) in [5.41, 5.74) is 5.18. The summed E-state index contributed by atoms with van der Waals surface area (Å²) in [5.74, 6) is 0.0956. The van der Waals surface area contributed by atoms with Crippen LogP contribution in [0.1, 0.15) is 45.5 Å². The molecule has 5 nitrogen and oxygen atoms in total. The molecule has 1 aliphatic rings. The first-order valence-electron chi connectivity index (χ1n) is 9.49. The number of nitrogens with zero attached hydrogens (tertiary/aromatic N) is 1. The van der Waals surface area contributed by atoms with Crippen LogP contribution in [0.15, 0.2) is 42.5 Å². The summed E-state index contributed by atoms with van der Waals surface area (Å²) in [6.07, 6.45) is 2.18. The number of carbonyl (C=O) groups is 2. The lowest BCUT2D eigenvalue weighted by Gasteiger charge is -2.15. The van der Waals surface area contributed by atoms with Crippen molar-refractivity contribution in [3.63, 3.8) is 0 Å². The summed E-state index contributed by atoms with van der Waals surface area (Å²) in [5, 5.41) is 5.74. The number of benzene rings is 2. The Balaban J connectivity index is 1.46. The van der Waals surface area contributed by atoms with Crippen LogP contribution in [0.4, 0.5) is 4.79 Å². The van der Waals surface area contributed by atoms with Crippen LogP contribution < -0.4 is 10.6 Å². The molecule has 0 saturated carbocycles. The van der Waals surface area contributed by atoms with Gasteiger partial charge in [0.15, 0.2) is 0 Å². The average molecular weight is 365 g/mol. The van der Waals surface area contributed by atoms with Crippen molar-refractivity contribution in [1.29, 1.82) is 0 Å². The molecule has 1 saturated heterocycles. The van der Waals surface area contributed by atoms with Crippen molar-refractivity contribution in [1.82, 2.24) is 15.5 Å². The van der Waals surface area contributed by atoms with Crippen LogP contribution in [0.2, 0.25) is 0 Å². The fourth-order valence-electron chi connectivity index (χ4n) is 3.33. The van der Waals surface area contributed by atoms with Gasteiger partial charge in [-0.15, -0.1) is 0 Å². The first-order chi connectivity index (χ1) is 13.0. The van der Waals surface area contributed by atoms with Gasteiger partial charge in [0.05, 0.1) is 0 Å². The fraction of sp³-hybridized carbons (Fsp3) is 0.364. The Bertz CT molecular complexity index is 809. The predicted octanol–water partition coefficient (Wildman–Crippen LogP) is 3.54. The molecule has 142 valence electrons. The van der Waals surface area contributed by atoms with E-state index in [1.165, 1.54) is 11.1 Å². The molecule has 0 unspecified atom stereocenters. The normalized spacial score (nSPS) is 13.5. The van der Waals surface area contributed by atoms with Gasteiger partial charge in [0.1, 0.15) is 0 Å². The average Bonchev–Trinajstić information content (AvgIpc) is 3.20. The van der Waals surface area contributed by atoms with Gasteiger partial charge in [-0.2, -0.15) is 0 Å². The standard InChI is InChI=1S/C22H27N3O2/c1-16-5-8-20(17(2)13-16)15-24-22(27)23-14-18-6-9-19(10-7-18)21(26)25-11-3-4-12-25/h5-10,13H,3-4,11-12,14-15H2,1-2H3,(H2,23,24,27). The van der Waals surface area contributed by atoms with E-state index in [2.05, 4.69) is 23.6 Å². The molecule has 0 radical (unpaired) electrons. The zero-order valence-corrected chi connectivity index (χ0v) is 16.0. The third-order valence-corrected chi connectivity index (χ3v) is 4.98. The highest BCUT2D eigenvalue weighted by atomic mass is 16.2. The Morgan fingerprint density at radius 1 is 0.926 bits per heavy atom. The fourth-order valence-corrected chi connectivity index (χ4v) is 3.33. The molecular weight excluding hydrogens is 338 g/mol. The number of rotatable bonds is 5. The highest BCUT2D eigenvalue weighted by Crippen LogP contribution is 2.14. The highest BCUT2D eigenvalue weighted by Gasteiger charge is 2.19. The molecule has 0 spiro atoms. The maximum atomic E-state index is 12.3. The van der Waals surface area contributed by atoms with Crippen molar-refractivity contribution >= 4 is 11.9 Å². The van der Waals surface area contributed by atoms with E-state index in [0.717, 1.165) is 37.1 Å². The Hall–Kier alpha value is -2.82. The van der Waals surface area contributed by atoms with Crippen molar-refractivity contribution in [2.45, 2.75) is 39.8 Å². The molecule has 5 heteroatoms. The van der Waals surface area contributed by atoms with Crippen LogP contribution >= 0.6 is 0 Å². The van der Waals surface area contributed by atoms with Gasteiger partial charge in [-0.3, -0.25) is 4.79 Å². The van der Waals surface area contributed by atoms with Gasteiger partial charge in [-0.25, -0.2) is 4.79 Å². The molecule has 2 N–H and O–H groups in total. The Morgan fingerprint density at radius 2 is 1.59 bits per heavy atom. The number of hydrogen-bond donors (Lipinski definition) is 2. The van der Waals surface area contributed by atoms with E-state index in [0.29, 0.717) is 18.7 Å². The van der Waals surface area contributed by atoms with Crippen LogP contribution in [-0.4, -0.2) is 29.9 Å². The molecule has 0 bridgehead atoms. The molecule has 2 aromatic carbocycles. The molecule has 1 heterocycles. The molecule has 0 aromatic heterocycles. The molecule has 1 fully saturated rings. The highest BCUT2D eigenvalue weighted by molar-refractivity contribution is 5.94.